The minimum atomic E-state index is -1.17. The molecule has 0 spiro atoms. The van der Waals surface area contributed by atoms with Gasteiger partial charge in [0.15, 0.2) is 6.04 Å². The number of nitrogens with zero attached hydrogens (tertiary/aromatic N) is 1. The smallest absolute Gasteiger partial charge is 0.332 e. The molecule has 1 aliphatic carbocycles. The van der Waals surface area contributed by atoms with Gasteiger partial charge in [0.1, 0.15) is 0 Å². The summed E-state index contributed by atoms with van der Waals surface area (Å²) in [5.74, 6) is -0.418. The molecule has 1 aliphatic rings. The lowest BCUT2D eigenvalue weighted by Crippen LogP contribution is -2.48. The highest BCUT2D eigenvalue weighted by atomic mass is 16.5. The summed E-state index contributed by atoms with van der Waals surface area (Å²) in [5, 5.41) is 0. The highest BCUT2D eigenvalue weighted by molar-refractivity contribution is 6.01. The summed E-state index contributed by atoms with van der Waals surface area (Å²) in [4.78, 5) is 24.3. The van der Waals surface area contributed by atoms with Crippen LogP contribution in [0.3, 0.4) is 0 Å². The third-order valence-corrected chi connectivity index (χ3v) is 2.41. The van der Waals surface area contributed by atoms with Crippen molar-refractivity contribution in [2.24, 2.45) is 11.7 Å². The fraction of sp³-hybridized carbons (Fsp3) is 0.800. The van der Waals surface area contributed by atoms with Crippen molar-refractivity contribution in [2.45, 2.75) is 25.8 Å². The van der Waals surface area contributed by atoms with Gasteiger partial charge in [-0.15, -0.1) is 0 Å². The van der Waals surface area contributed by atoms with Crippen LogP contribution in [0.1, 0.15) is 19.8 Å². The standard InChI is InChI=1S/C10H18N2O3/c1-3-15-10(14)8(11)9(13)12(2)6-7-4-5-7/h7-8H,3-6,11H2,1-2H3. The molecule has 0 heterocycles. The van der Waals surface area contributed by atoms with E-state index in [0.29, 0.717) is 12.5 Å². The van der Waals surface area contributed by atoms with Crippen molar-refractivity contribution in [3.05, 3.63) is 0 Å². The zero-order valence-electron chi connectivity index (χ0n) is 9.23. The number of likely N-dealkylation sites (N-methyl/N-ethyl adjacent to an activating group) is 1. The third kappa shape index (κ3) is 3.51. The average molecular weight is 214 g/mol. The number of hydrogen-bond acceptors (Lipinski definition) is 4. The van der Waals surface area contributed by atoms with E-state index in [0.717, 1.165) is 12.8 Å². The van der Waals surface area contributed by atoms with Gasteiger partial charge in [0.2, 0.25) is 0 Å². The minimum Gasteiger partial charge on any atom is -0.464 e. The summed E-state index contributed by atoms with van der Waals surface area (Å²) in [6.45, 7) is 2.61. The molecule has 1 amide bonds. The Morgan fingerprint density at radius 2 is 2.13 bits per heavy atom. The maximum absolute atomic E-state index is 11.6. The molecule has 1 fully saturated rings. The SMILES string of the molecule is CCOC(=O)C(N)C(=O)N(C)CC1CC1. The first-order chi connectivity index (χ1) is 7.06. The van der Waals surface area contributed by atoms with E-state index in [-0.39, 0.29) is 12.5 Å². The van der Waals surface area contributed by atoms with Crippen LogP contribution in [0.5, 0.6) is 0 Å². The van der Waals surface area contributed by atoms with Crippen molar-refractivity contribution in [3.8, 4) is 0 Å². The Labute approximate surface area is 89.6 Å². The van der Waals surface area contributed by atoms with Crippen molar-refractivity contribution >= 4 is 11.9 Å². The molecule has 15 heavy (non-hydrogen) atoms. The minimum absolute atomic E-state index is 0.242. The summed E-state index contributed by atoms with van der Waals surface area (Å²) in [5.41, 5.74) is 5.48. The van der Waals surface area contributed by atoms with E-state index in [4.69, 9.17) is 5.73 Å². The number of esters is 1. The average Bonchev–Trinajstić information content (AvgIpc) is 2.99. The highest BCUT2D eigenvalue weighted by Crippen LogP contribution is 2.29. The molecule has 0 saturated heterocycles. The lowest BCUT2D eigenvalue weighted by Gasteiger charge is -2.19. The highest BCUT2D eigenvalue weighted by Gasteiger charge is 2.30. The number of ether oxygens (including phenoxy) is 1. The van der Waals surface area contributed by atoms with Gasteiger partial charge in [-0.1, -0.05) is 0 Å². The third-order valence-electron chi connectivity index (χ3n) is 2.41. The van der Waals surface area contributed by atoms with Crippen LogP contribution < -0.4 is 5.73 Å². The Hall–Kier alpha value is -1.10. The molecule has 5 nitrogen and oxygen atoms in total. The van der Waals surface area contributed by atoms with Crippen LogP contribution in [0.4, 0.5) is 0 Å². The topological polar surface area (TPSA) is 72.6 Å². The summed E-state index contributed by atoms with van der Waals surface area (Å²) in [6.07, 6.45) is 2.32. The van der Waals surface area contributed by atoms with Crippen LogP contribution >= 0.6 is 0 Å². The second-order valence-electron chi connectivity index (χ2n) is 3.89. The Balaban J connectivity index is 2.39. The van der Waals surface area contributed by atoms with Crippen LogP contribution in [0.2, 0.25) is 0 Å². The Kier molecular flexibility index (Phi) is 4.08. The molecule has 0 aromatic heterocycles. The van der Waals surface area contributed by atoms with Gasteiger partial charge in [-0.25, -0.2) is 4.79 Å². The van der Waals surface area contributed by atoms with E-state index < -0.39 is 12.0 Å². The van der Waals surface area contributed by atoms with Gasteiger partial charge in [0.05, 0.1) is 6.61 Å². The van der Waals surface area contributed by atoms with Crippen LogP contribution in [0.25, 0.3) is 0 Å². The fourth-order valence-corrected chi connectivity index (χ4v) is 1.35. The molecule has 0 aliphatic heterocycles. The van der Waals surface area contributed by atoms with Crippen molar-refractivity contribution in [1.82, 2.24) is 4.90 Å². The number of hydrogen-bond donors (Lipinski definition) is 1. The maximum atomic E-state index is 11.6. The molecule has 1 unspecified atom stereocenters. The van der Waals surface area contributed by atoms with E-state index in [2.05, 4.69) is 4.74 Å². The van der Waals surface area contributed by atoms with E-state index in [9.17, 15) is 9.59 Å². The maximum Gasteiger partial charge on any atom is 0.332 e. The molecule has 2 N–H and O–H groups in total. The number of nitrogens with two attached hydrogens (primary N) is 1. The van der Waals surface area contributed by atoms with Crippen molar-refractivity contribution in [2.75, 3.05) is 20.2 Å². The predicted molar refractivity (Wildman–Crippen MR) is 55.0 cm³/mol. The lowest BCUT2D eigenvalue weighted by atomic mass is 10.2. The zero-order valence-corrected chi connectivity index (χ0v) is 9.23. The van der Waals surface area contributed by atoms with Crippen molar-refractivity contribution in [1.29, 1.82) is 0 Å². The quantitative estimate of drug-likeness (QED) is 0.506. The summed E-state index contributed by atoms with van der Waals surface area (Å²) < 4.78 is 4.68. The Morgan fingerprint density at radius 3 is 2.60 bits per heavy atom. The van der Waals surface area contributed by atoms with Gasteiger partial charge in [-0.05, 0) is 25.7 Å². The van der Waals surface area contributed by atoms with Gasteiger partial charge in [-0.3, -0.25) is 4.79 Å². The van der Waals surface area contributed by atoms with Gasteiger partial charge in [0.25, 0.3) is 5.91 Å². The van der Waals surface area contributed by atoms with E-state index in [1.165, 1.54) is 4.90 Å². The Bertz CT molecular complexity index is 251. The number of amides is 1. The number of carbonyl (C=O) groups is 2. The first-order valence-electron chi connectivity index (χ1n) is 5.23. The fourth-order valence-electron chi connectivity index (χ4n) is 1.35. The predicted octanol–water partition coefficient (Wildman–Crippen LogP) is -0.255. The van der Waals surface area contributed by atoms with E-state index >= 15 is 0 Å². The monoisotopic (exact) mass is 214 g/mol. The first kappa shape index (κ1) is 12.0. The lowest BCUT2D eigenvalue weighted by molar-refractivity contribution is -0.150. The zero-order chi connectivity index (χ0) is 11.4. The summed E-state index contributed by atoms with van der Waals surface area (Å²) in [6, 6.07) is -1.17. The molecule has 0 radical (unpaired) electrons. The molecule has 1 saturated carbocycles. The van der Waals surface area contributed by atoms with E-state index in [1.807, 2.05) is 0 Å². The van der Waals surface area contributed by atoms with Crippen LogP contribution in [0.15, 0.2) is 0 Å². The summed E-state index contributed by atoms with van der Waals surface area (Å²) >= 11 is 0. The molecule has 0 aromatic rings. The first-order valence-corrected chi connectivity index (χ1v) is 5.23. The molecule has 0 aromatic carbocycles. The molecular weight excluding hydrogens is 196 g/mol. The second kappa shape index (κ2) is 5.11. The van der Waals surface area contributed by atoms with E-state index in [1.54, 1.807) is 14.0 Å². The molecule has 5 heteroatoms. The molecular formula is C10H18N2O3. The van der Waals surface area contributed by atoms with Gasteiger partial charge >= 0.3 is 5.97 Å². The van der Waals surface area contributed by atoms with Crippen LogP contribution in [0, 0.1) is 5.92 Å². The summed E-state index contributed by atoms with van der Waals surface area (Å²) in [7, 11) is 1.67. The number of carbonyl (C=O) groups excluding carboxylic acids is 2. The number of rotatable bonds is 5. The van der Waals surface area contributed by atoms with Crippen molar-refractivity contribution in [3.63, 3.8) is 0 Å². The van der Waals surface area contributed by atoms with Gasteiger partial charge in [-0.2, -0.15) is 0 Å². The van der Waals surface area contributed by atoms with Crippen LogP contribution in [-0.4, -0.2) is 43.0 Å². The van der Waals surface area contributed by atoms with Crippen molar-refractivity contribution < 1.29 is 14.3 Å². The largest absolute Gasteiger partial charge is 0.464 e. The molecule has 1 rings (SSSR count). The Morgan fingerprint density at radius 1 is 1.53 bits per heavy atom. The second-order valence-corrected chi connectivity index (χ2v) is 3.89. The van der Waals surface area contributed by atoms with Crippen LogP contribution in [-0.2, 0) is 14.3 Å². The van der Waals surface area contributed by atoms with Gasteiger partial charge < -0.3 is 15.4 Å². The normalized spacial score (nSPS) is 17.0. The molecule has 0 bridgehead atoms. The molecule has 86 valence electrons. The van der Waals surface area contributed by atoms with Gasteiger partial charge in [0, 0.05) is 13.6 Å². The molecule has 1 atom stereocenters.